The molecule has 1 nitrogen and oxygen atoms in total. The third kappa shape index (κ3) is 2.54. The number of benzene rings is 2. The standard InChI is InChI=1S/C14H12BrClO/c1-14(17,10-5-4-6-11(15)9-10)12-7-2-3-8-13(12)16/h2-9,17H,1H3. The molecule has 3 heteroatoms. The Labute approximate surface area is 114 Å². The van der Waals surface area contributed by atoms with Crippen LogP contribution in [0, 0.1) is 0 Å². The number of aliphatic hydroxyl groups is 1. The van der Waals surface area contributed by atoms with Crippen LogP contribution in [0.5, 0.6) is 0 Å². The maximum atomic E-state index is 10.7. The van der Waals surface area contributed by atoms with Crippen LogP contribution in [-0.2, 0) is 5.60 Å². The molecule has 1 unspecified atom stereocenters. The molecule has 17 heavy (non-hydrogen) atoms. The Kier molecular flexibility index (Phi) is 3.57. The Morgan fingerprint density at radius 3 is 2.47 bits per heavy atom. The van der Waals surface area contributed by atoms with Gasteiger partial charge in [0.25, 0.3) is 0 Å². The van der Waals surface area contributed by atoms with Crippen molar-refractivity contribution in [3.05, 3.63) is 69.2 Å². The van der Waals surface area contributed by atoms with Gasteiger partial charge in [-0.05, 0) is 30.7 Å². The van der Waals surface area contributed by atoms with Gasteiger partial charge in [0, 0.05) is 15.1 Å². The molecule has 1 atom stereocenters. The van der Waals surface area contributed by atoms with E-state index < -0.39 is 5.60 Å². The van der Waals surface area contributed by atoms with E-state index >= 15 is 0 Å². The molecule has 0 amide bonds. The first-order valence-corrected chi connectivity index (χ1v) is 6.42. The van der Waals surface area contributed by atoms with Crippen LogP contribution in [-0.4, -0.2) is 5.11 Å². The molecule has 0 aliphatic carbocycles. The molecule has 88 valence electrons. The van der Waals surface area contributed by atoms with E-state index in [1.165, 1.54) is 0 Å². The van der Waals surface area contributed by atoms with Gasteiger partial charge in [0.2, 0.25) is 0 Å². The van der Waals surface area contributed by atoms with E-state index in [1.807, 2.05) is 42.5 Å². The Hall–Kier alpha value is -0.830. The van der Waals surface area contributed by atoms with E-state index in [0.29, 0.717) is 10.6 Å². The van der Waals surface area contributed by atoms with Crippen molar-refractivity contribution in [3.63, 3.8) is 0 Å². The second-order valence-electron chi connectivity index (χ2n) is 4.06. The normalized spacial score (nSPS) is 14.4. The van der Waals surface area contributed by atoms with Gasteiger partial charge in [-0.3, -0.25) is 0 Å². The largest absolute Gasteiger partial charge is 0.381 e. The maximum absolute atomic E-state index is 10.7. The van der Waals surface area contributed by atoms with Crippen LogP contribution >= 0.6 is 27.5 Å². The van der Waals surface area contributed by atoms with Gasteiger partial charge in [-0.25, -0.2) is 0 Å². The van der Waals surface area contributed by atoms with E-state index in [1.54, 1.807) is 13.0 Å². The van der Waals surface area contributed by atoms with E-state index in [9.17, 15) is 5.11 Å². The average molecular weight is 312 g/mol. The lowest BCUT2D eigenvalue weighted by Crippen LogP contribution is -2.23. The molecule has 0 saturated carbocycles. The van der Waals surface area contributed by atoms with Gasteiger partial charge >= 0.3 is 0 Å². The third-order valence-electron chi connectivity index (χ3n) is 2.79. The molecule has 0 spiro atoms. The quantitative estimate of drug-likeness (QED) is 0.874. The van der Waals surface area contributed by atoms with Crippen molar-refractivity contribution in [2.45, 2.75) is 12.5 Å². The van der Waals surface area contributed by atoms with Crippen LogP contribution in [0.15, 0.2) is 53.0 Å². The van der Waals surface area contributed by atoms with Crippen molar-refractivity contribution >= 4 is 27.5 Å². The minimum atomic E-state index is -1.10. The molecule has 0 aromatic heterocycles. The Balaban J connectivity index is 2.53. The molecule has 2 rings (SSSR count). The van der Waals surface area contributed by atoms with Gasteiger partial charge in [0.05, 0.1) is 0 Å². The SMILES string of the molecule is CC(O)(c1cccc(Br)c1)c1ccccc1Cl. The summed E-state index contributed by atoms with van der Waals surface area (Å²) in [5.74, 6) is 0. The predicted octanol–water partition coefficient (Wildman–Crippen LogP) is 4.36. The van der Waals surface area contributed by atoms with Crippen LogP contribution < -0.4 is 0 Å². The molecule has 1 N–H and O–H groups in total. The number of hydrogen-bond acceptors (Lipinski definition) is 1. The summed E-state index contributed by atoms with van der Waals surface area (Å²) in [6.07, 6.45) is 0. The van der Waals surface area contributed by atoms with Crippen molar-refractivity contribution in [1.29, 1.82) is 0 Å². The second-order valence-corrected chi connectivity index (χ2v) is 5.39. The minimum absolute atomic E-state index is 0.567. The smallest absolute Gasteiger partial charge is 0.113 e. The highest BCUT2D eigenvalue weighted by atomic mass is 79.9. The fourth-order valence-corrected chi connectivity index (χ4v) is 2.52. The minimum Gasteiger partial charge on any atom is -0.381 e. The monoisotopic (exact) mass is 310 g/mol. The van der Waals surface area contributed by atoms with Gasteiger partial charge in [0.1, 0.15) is 5.60 Å². The first-order chi connectivity index (χ1) is 8.01. The summed E-state index contributed by atoms with van der Waals surface area (Å²) in [5, 5.41) is 11.2. The lowest BCUT2D eigenvalue weighted by atomic mass is 9.88. The van der Waals surface area contributed by atoms with E-state index in [-0.39, 0.29) is 0 Å². The fraction of sp³-hybridized carbons (Fsp3) is 0.143. The Bertz CT molecular complexity index is 537. The molecule has 0 radical (unpaired) electrons. The first-order valence-electron chi connectivity index (χ1n) is 5.25. The highest BCUT2D eigenvalue weighted by Gasteiger charge is 2.27. The summed E-state index contributed by atoms with van der Waals surface area (Å²) >= 11 is 9.53. The fourth-order valence-electron chi connectivity index (χ4n) is 1.80. The molecular weight excluding hydrogens is 300 g/mol. The Morgan fingerprint density at radius 2 is 1.82 bits per heavy atom. The second kappa shape index (κ2) is 4.81. The zero-order chi connectivity index (χ0) is 12.5. The summed E-state index contributed by atoms with van der Waals surface area (Å²) in [6, 6.07) is 14.9. The molecule has 0 bridgehead atoms. The summed E-state index contributed by atoms with van der Waals surface area (Å²) in [4.78, 5) is 0. The van der Waals surface area contributed by atoms with Crippen molar-refractivity contribution in [1.82, 2.24) is 0 Å². The third-order valence-corrected chi connectivity index (χ3v) is 3.61. The molecular formula is C14H12BrClO. The summed E-state index contributed by atoms with van der Waals surface area (Å²) in [7, 11) is 0. The summed E-state index contributed by atoms with van der Waals surface area (Å²) in [5.41, 5.74) is 0.419. The predicted molar refractivity (Wildman–Crippen MR) is 74.3 cm³/mol. The van der Waals surface area contributed by atoms with Gasteiger partial charge in [-0.1, -0.05) is 57.9 Å². The molecule has 0 aliphatic heterocycles. The van der Waals surface area contributed by atoms with Crippen molar-refractivity contribution in [3.8, 4) is 0 Å². The van der Waals surface area contributed by atoms with Gasteiger partial charge in [0.15, 0.2) is 0 Å². The summed E-state index contributed by atoms with van der Waals surface area (Å²) < 4.78 is 0.933. The van der Waals surface area contributed by atoms with Crippen LogP contribution in [0.3, 0.4) is 0 Å². The maximum Gasteiger partial charge on any atom is 0.113 e. The average Bonchev–Trinajstić information content (AvgIpc) is 2.29. The molecule has 2 aromatic carbocycles. The molecule has 0 aliphatic rings. The van der Waals surface area contributed by atoms with Crippen molar-refractivity contribution in [2.75, 3.05) is 0 Å². The summed E-state index contributed by atoms with van der Waals surface area (Å²) in [6.45, 7) is 1.75. The number of halogens is 2. The van der Waals surface area contributed by atoms with Crippen molar-refractivity contribution < 1.29 is 5.11 Å². The molecule has 0 heterocycles. The van der Waals surface area contributed by atoms with Crippen molar-refractivity contribution in [2.24, 2.45) is 0 Å². The van der Waals surface area contributed by atoms with Gasteiger partial charge < -0.3 is 5.11 Å². The van der Waals surface area contributed by atoms with Crippen LogP contribution in [0.25, 0.3) is 0 Å². The highest BCUT2D eigenvalue weighted by Crippen LogP contribution is 2.34. The number of hydrogen-bond donors (Lipinski definition) is 1. The van der Waals surface area contributed by atoms with E-state index in [0.717, 1.165) is 10.0 Å². The van der Waals surface area contributed by atoms with Gasteiger partial charge in [-0.2, -0.15) is 0 Å². The van der Waals surface area contributed by atoms with Crippen LogP contribution in [0.1, 0.15) is 18.1 Å². The lowest BCUT2D eigenvalue weighted by Gasteiger charge is -2.25. The van der Waals surface area contributed by atoms with Crippen LogP contribution in [0.4, 0.5) is 0 Å². The van der Waals surface area contributed by atoms with E-state index in [4.69, 9.17) is 11.6 Å². The lowest BCUT2D eigenvalue weighted by molar-refractivity contribution is 0.102. The van der Waals surface area contributed by atoms with Crippen LogP contribution in [0.2, 0.25) is 5.02 Å². The number of rotatable bonds is 2. The Morgan fingerprint density at radius 1 is 1.12 bits per heavy atom. The zero-order valence-corrected chi connectivity index (χ0v) is 11.7. The first kappa shape index (κ1) is 12.6. The molecule has 2 aromatic rings. The molecule has 0 fully saturated rings. The molecule has 0 saturated heterocycles. The highest BCUT2D eigenvalue weighted by molar-refractivity contribution is 9.10. The zero-order valence-electron chi connectivity index (χ0n) is 9.32. The topological polar surface area (TPSA) is 20.2 Å². The van der Waals surface area contributed by atoms with Gasteiger partial charge in [-0.15, -0.1) is 0 Å². The van der Waals surface area contributed by atoms with E-state index in [2.05, 4.69) is 15.9 Å².